The molecule has 0 aliphatic rings. The number of hydrogen-bond acceptors (Lipinski definition) is 4. The van der Waals surface area contributed by atoms with Crippen molar-refractivity contribution in [3.05, 3.63) is 17.5 Å². The fraction of sp³-hybridized carbons (Fsp3) is 0.556. The average Bonchev–Trinajstić information content (AvgIpc) is 2.47. The summed E-state index contributed by atoms with van der Waals surface area (Å²) in [5.41, 5.74) is -0.381. The van der Waals surface area contributed by atoms with Crippen LogP contribution in [-0.2, 0) is 11.3 Å². The molecule has 1 rings (SSSR count). The largest absolute Gasteiger partial charge is 0.476 e. The average molecular weight is 199 g/mol. The summed E-state index contributed by atoms with van der Waals surface area (Å²) >= 11 is 0. The van der Waals surface area contributed by atoms with Gasteiger partial charge in [-0.1, -0.05) is 5.16 Å². The third-order valence-corrected chi connectivity index (χ3v) is 1.43. The van der Waals surface area contributed by atoms with Gasteiger partial charge in [-0.05, 0) is 20.8 Å². The second kappa shape index (κ2) is 3.79. The number of nitrogens with zero attached hydrogens (tertiary/aromatic N) is 1. The summed E-state index contributed by atoms with van der Waals surface area (Å²) in [5.74, 6) is -0.687. The molecule has 0 spiro atoms. The molecule has 1 aromatic rings. The van der Waals surface area contributed by atoms with E-state index in [1.165, 1.54) is 6.07 Å². The first kappa shape index (κ1) is 10.7. The monoisotopic (exact) mass is 199 g/mol. The van der Waals surface area contributed by atoms with Crippen LogP contribution in [0.15, 0.2) is 10.6 Å². The molecule has 14 heavy (non-hydrogen) atoms. The Morgan fingerprint density at radius 1 is 1.64 bits per heavy atom. The number of carbonyl (C=O) groups is 1. The van der Waals surface area contributed by atoms with E-state index < -0.39 is 5.97 Å². The van der Waals surface area contributed by atoms with Crippen molar-refractivity contribution in [1.29, 1.82) is 0 Å². The molecule has 0 radical (unpaired) electrons. The van der Waals surface area contributed by atoms with E-state index in [0.29, 0.717) is 5.76 Å². The van der Waals surface area contributed by atoms with E-state index in [0.717, 1.165) is 0 Å². The lowest BCUT2D eigenvalue weighted by Crippen LogP contribution is -2.18. The molecule has 0 aliphatic carbocycles. The Morgan fingerprint density at radius 2 is 2.29 bits per heavy atom. The first-order valence-corrected chi connectivity index (χ1v) is 4.21. The van der Waals surface area contributed by atoms with Crippen molar-refractivity contribution < 1.29 is 19.2 Å². The Morgan fingerprint density at radius 3 is 2.71 bits per heavy atom. The van der Waals surface area contributed by atoms with Crippen molar-refractivity contribution >= 4 is 5.97 Å². The smallest absolute Gasteiger partial charge is 0.358 e. The molecule has 78 valence electrons. The normalized spacial score (nSPS) is 11.6. The number of hydrogen-bond donors (Lipinski definition) is 1. The van der Waals surface area contributed by atoms with Crippen LogP contribution in [0.4, 0.5) is 0 Å². The molecule has 5 nitrogen and oxygen atoms in total. The van der Waals surface area contributed by atoms with Crippen molar-refractivity contribution in [1.82, 2.24) is 5.16 Å². The first-order valence-electron chi connectivity index (χ1n) is 4.21. The Balaban J connectivity index is 2.56. The zero-order valence-corrected chi connectivity index (χ0v) is 8.40. The van der Waals surface area contributed by atoms with Crippen molar-refractivity contribution in [2.24, 2.45) is 0 Å². The highest BCUT2D eigenvalue weighted by atomic mass is 16.5. The highest BCUT2D eigenvalue weighted by Gasteiger charge is 2.14. The van der Waals surface area contributed by atoms with Gasteiger partial charge in [-0.3, -0.25) is 0 Å². The molecular weight excluding hydrogens is 186 g/mol. The lowest BCUT2D eigenvalue weighted by atomic mass is 10.2. The molecule has 1 heterocycles. The van der Waals surface area contributed by atoms with Crippen molar-refractivity contribution in [2.45, 2.75) is 33.0 Å². The quantitative estimate of drug-likeness (QED) is 0.801. The minimum atomic E-state index is -1.10. The fourth-order valence-electron chi connectivity index (χ4n) is 0.769. The van der Waals surface area contributed by atoms with Crippen LogP contribution in [0.25, 0.3) is 0 Å². The Labute approximate surface area is 81.7 Å². The summed E-state index contributed by atoms with van der Waals surface area (Å²) in [6.45, 7) is 5.94. The molecule has 0 amide bonds. The van der Waals surface area contributed by atoms with E-state index in [2.05, 4.69) is 5.16 Å². The maximum absolute atomic E-state index is 10.5. The number of ether oxygens (including phenoxy) is 1. The van der Waals surface area contributed by atoms with Gasteiger partial charge < -0.3 is 14.4 Å². The van der Waals surface area contributed by atoms with Gasteiger partial charge in [0.05, 0.1) is 5.60 Å². The predicted molar refractivity (Wildman–Crippen MR) is 48.0 cm³/mol. The van der Waals surface area contributed by atoms with Gasteiger partial charge in [0.2, 0.25) is 0 Å². The maximum atomic E-state index is 10.5. The summed E-state index contributed by atoms with van der Waals surface area (Å²) in [5, 5.41) is 11.9. The molecule has 0 aromatic carbocycles. The molecule has 1 aromatic heterocycles. The molecular formula is C9H13NO4. The Kier molecular flexibility index (Phi) is 2.90. The Hall–Kier alpha value is -1.36. The minimum Gasteiger partial charge on any atom is -0.476 e. The summed E-state index contributed by atoms with van der Waals surface area (Å²) in [6, 6.07) is 1.36. The summed E-state index contributed by atoms with van der Waals surface area (Å²) < 4.78 is 10.1. The lowest BCUT2D eigenvalue weighted by Gasteiger charge is -2.17. The summed E-state index contributed by atoms with van der Waals surface area (Å²) in [7, 11) is 0. The second-order valence-corrected chi connectivity index (χ2v) is 3.88. The molecule has 0 unspecified atom stereocenters. The van der Waals surface area contributed by atoms with Crippen LogP contribution in [0.2, 0.25) is 0 Å². The molecule has 5 heteroatoms. The third-order valence-electron chi connectivity index (χ3n) is 1.43. The second-order valence-electron chi connectivity index (χ2n) is 3.88. The van der Waals surface area contributed by atoms with E-state index in [1.54, 1.807) is 0 Å². The van der Waals surface area contributed by atoms with Crippen LogP contribution in [0, 0.1) is 0 Å². The van der Waals surface area contributed by atoms with Crippen LogP contribution in [0.5, 0.6) is 0 Å². The Bertz CT molecular complexity index is 324. The van der Waals surface area contributed by atoms with Crippen LogP contribution in [0.3, 0.4) is 0 Å². The van der Waals surface area contributed by atoms with Crippen molar-refractivity contribution in [2.75, 3.05) is 0 Å². The van der Waals surface area contributed by atoms with Gasteiger partial charge in [0.1, 0.15) is 6.61 Å². The number of carboxylic acids is 1. The molecule has 1 N–H and O–H groups in total. The van der Waals surface area contributed by atoms with Crippen LogP contribution in [-0.4, -0.2) is 21.8 Å². The number of aromatic nitrogens is 1. The van der Waals surface area contributed by atoms with E-state index in [-0.39, 0.29) is 17.9 Å². The molecule has 0 fully saturated rings. The number of aromatic carboxylic acids is 1. The van der Waals surface area contributed by atoms with Crippen LogP contribution in [0.1, 0.15) is 37.0 Å². The van der Waals surface area contributed by atoms with Gasteiger partial charge >= 0.3 is 5.97 Å². The molecule has 0 saturated carbocycles. The zero-order chi connectivity index (χ0) is 10.8. The zero-order valence-electron chi connectivity index (χ0n) is 8.40. The molecule has 0 aliphatic heterocycles. The highest BCUT2D eigenvalue weighted by molar-refractivity contribution is 5.85. The van der Waals surface area contributed by atoms with Crippen molar-refractivity contribution in [3.63, 3.8) is 0 Å². The highest BCUT2D eigenvalue weighted by Crippen LogP contribution is 2.12. The van der Waals surface area contributed by atoms with E-state index in [9.17, 15) is 4.79 Å². The molecule has 0 saturated heterocycles. The maximum Gasteiger partial charge on any atom is 0.358 e. The van der Waals surface area contributed by atoms with Crippen LogP contribution < -0.4 is 0 Å². The van der Waals surface area contributed by atoms with Gasteiger partial charge in [-0.25, -0.2) is 4.79 Å². The number of carboxylic acid groups (broad SMARTS) is 1. The van der Waals surface area contributed by atoms with Gasteiger partial charge in [-0.15, -0.1) is 0 Å². The third kappa shape index (κ3) is 3.18. The van der Waals surface area contributed by atoms with Crippen LogP contribution >= 0.6 is 0 Å². The van der Waals surface area contributed by atoms with Gasteiger partial charge in [0.25, 0.3) is 0 Å². The SMILES string of the molecule is CC(C)(C)OCc1cc(C(=O)O)no1. The predicted octanol–water partition coefficient (Wildman–Crippen LogP) is 1.69. The van der Waals surface area contributed by atoms with E-state index in [1.807, 2.05) is 20.8 Å². The number of rotatable bonds is 3. The minimum absolute atomic E-state index is 0.0995. The lowest BCUT2D eigenvalue weighted by molar-refractivity contribution is -0.0241. The standard InChI is InChI=1S/C9H13NO4/c1-9(2,3)13-5-6-4-7(8(11)12)10-14-6/h4H,5H2,1-3H3,(H,11,12). The molecule has 0 atom stereocenters. The summed E-state index contributed by atoms with van der Waals surface area (Å²) in [6.07, 6.45) is 0. The van der Waals surface area contributed by atoms with E-state index >= 15 is 0 Å². The van der Waals surface area contributed by atoms with Crippen molar-refractivity contribution in [3.8, 4) is 0 Å². The first-order chi connectivity index (χ1) is 6.38. The fourth-order valence-corrected chi connectivity index (χ4v) is 0.769. The topological polar surface area (TPSA) is 72.6 Å². The van der Waals surface area contributed by atoms with Gasteiger partial charge in [-0.2, -0.15) is 0 Å². The van der Waals surface area contributed by atoms with Gasteiger partial charge in [0.15, 0.2) is 11.5 Å². The van der Waals surface area contributed by atoms with E-state index in [4.69, 9.17) is 14.4 Å². The van der Waals surface area contributed by atoms with Gasteiger partial charge in [0, 0.05) is 6.07 Å². The molecule has 0 bridgehead atoms. The summed E-state index contributed by atoms with van der Waals surface area (Å²) in [4.78, 5) is 10.5.